The molecule has 0 saturated carbocycles. The third-order valence-electron chi connectivity index (χ3n) is 4.57. The van der Waals surface area contributed by atoms with Gasteiger partial charge in [-0.2, -0.15) is 0 Å². The van der Waals surface area contributed by atoms with Crippen molar-refractivity contribution in [2.45, 2.75) is 13.3 Å². The first-order valence-corrected chi connectivity index (χ1v) is 9.41. The first kappa shape index (κ1) is 20.9. The zero-order chi connectivity index (χ0) is 21.7. The van der Waals surface area contributed by atoms with Gasteiger partial charge in [0.1, 0.15) is 12.2 Å². The fraction of sp³-hybridized carbons (Fsp3) is 0.174. The van der Waals surface area contributed by atoms with E-state index in [0.29, 0.717) is 35.8 Å². The fourth-order valence-corrected chi connectivity index (χ4v) is 3.11. The Balaban J connectivity index is 1.99. The SMILES string of the molecule is C=CCOc1ccc(C=C2C(=O)NC(=O)N(c3ccccc3CC)C2=O)cc1OC. The quantitative estimate of drug-likeness (QED) is 0.432. The Kier molecular flexibility index (Phi) is 6.32. The van der Waals surface area contributed by atoms with Crippen LogP contribution in [0, 0.1) is 0 Å². The number of amides is 4. The van der Waals surface area contributed by atoms with E-state index in [4.69, 9.17) is 9.47 Å². The van der Waals surface area contributed by atoms with Crippen molar-refractivity contribution in [2.75, 3.05) is 18.6 Å². The number of hydrogen-bond donors (Lipinski definition) is 1. The van der Waals surface area contributed by atoms with Gasteiger partial charge in [-0.25, -0.2) is 9.69 Å². The number of nitrogens with one attached hydrogen (secondary N) is 1. The van der Waals surface area contributed by atoms with Gasteiger partial charge < -0.3 is 9.47 Å². The number of ether oxygens (including phenoxy) is 2. The van der Waals surface area contributed by atoms with E-state index in [9.17, 15) is 14.4 Å². The predicted molar refractivity (Wildman–Crippen MR) is 114 cm³/mol. The van der Waals surface area contributed by atoms with Crippen molar-refractivity contribution in [3.05, 3.63) is 71.8 Å². The number of benzene rings is 2. The number of carbonyl (C=O) groups excluding carboxylic acids is 3. The van der Waals surface area contributed by atoms with E-state index in [1.165, 1.54) is 13.2 Å². The minimum Gasteiger partial charge on any atom is -0.493 e. The molecule has 2 aromatic carbocycles. The van der Waals surface area contributed by atoms with E-state index in [1.807, 2.05) is 19.1 Å². The van der Waals surface area contributed by atoms with E-state index >= 15 is 0 Å². The van der Waals surface area contributed by atoms with Gasteiger partial charge in [0.05, 0.1) is 12.8 Å². The summed E-state index contributed by atoms with van der Waals surface area (Å²) in [5.41, 5.74) is 1.67. The summed E-state index contributed by atoms with van der Waals surface area (Å²) in [7, 11) is 1.49. The average molecular weight is 406 g/mol. The molecule has 4 amide bonds. The maximum atomic E-state index is 13.1. The summed E-state index contributed by atoms with van der Waals surface area (Å²) in [6.45, 7) is 5.84. The predicted octanol–water partition coefficient (Wildman–Crippen LogP) is 3.49. The summed E-state index contributed by atoms with van der Waals surface area (Å²) in [6, 6.07) is 11.3. The van der Waals surface area contributed by atoms with Crippen molar-refractivity contribution in [3.63, 3.8) is 0 Å². The third kappa shape index (κ3) is 4.10. The molecule has 1 fully saturated rings. The lowest BCUT2D eigenvalue weighted by Crippen LogP contribution is -2.54. The van der Waals surface area contributed by atoms with Crippen LogP contribution in [0.5, 0.6) is 11.5 Å². The van der Waals surface area contributed by atoms with Crippen LogP contribution in [0.15, 0.2) is 60.7 Å². The summed E-state index contributed by atoms with van der Waals surface area (Å²) in [5, 5.41) is 2.24. The molecule has 0 unspecified atom stereocenters. The van der Waals surface area contributed by atoms with Crippen molar-refractivity contribution in [3.8, 4) is 11.5 Å². The molecular weight excluding hydrogens is 384 g/mol. The van der Waals surface area contributed by atoms with E-state index < -0.39 is 17.8 Å². The Labute approximate surface area is 174 Å². The number of anilines is 1. The highest BCUT2D eigenvalue weighted by molar-refractivity contribution is 6.39. The van der Waals surface area contributed by atoms with Crippen molar-refractivity contribution < 1.29 is 23.9 Å². The number of urea groups is 1. The second-order valence-electron chi connectivity index (χ2n) is 6.45. The van der Waals surface area contributed by atoms with Gasteiger partial charge in [0.2, 0.25) is 0 Å². The van der Waals surface area contributed by atoms with Crippen molar-refractivity contribution in [1.29, 1.82) is 0 Å². The maximum Gasteiger partial charge on any atom is 0.335 e. The average Bonchev–Trinajstić information content (AvgIpc) is 2.75. The van der Waals surface area contributed by atoms with Crippen molar-refractivity contribution in [2.24, 2.45) is 0 Å². The van der Waals surface area contributed by atoms with Crippen LogP contribution < -0.4 is 19.7 Å². The van der Waals surface area contributed by atoms with Crippen LogP contribution >= 0.6 is 0 Å². The van der Waals surface area contributed by atoms with Gasteiger partial charge in [-0.3, -0.25) is 14.9 Å². The van der Waals surface area contributed by atoms with E-state index in [2.05, 4.69) is 11.9 Å². The Bertz CT molecular complexity index is 1040. The number of imide groups is 2. The zero-order valence-electron chi connectivity index (χ0n) is 16.8. The Hall–Kier alpha value is -3.87. The molecule has 1 saturated heterocycles. The van der Waals surface area contributed by atoms with Crippen molar-refractivity contribution in [1.82, 2.24) is 5.32 Å². The number of rotatable bonds is 7. The minimum atomic E-state index is -0.770. The molecular formula is C23H22N2O5. The highest BCUT2D eigenvalue weighted by Gasteiger charge is 2.37. The lowest BCUT2D eigenvalue weighted by atomic mass is 10.0. The largest absolute Gasteiger partial charge is 0.493 e. The topological polar surface area (TPSA) is 84.9 Å². The molecule has 1 heterocycles. The first-order chi connectivity index (χ1) is 14.5. The number of aryl methyl sites for hydroxylation is 1. The molecule has 0 spiro atoms. The molecule has 1 N–H and O–H groups in total. The summed E-state index contributed by atoms with van der Waals surface area (Å²) in [4.78, 5) is 38.9. The highest BCUT2D eigenvalue weighted by Crippen LogP contribution is 2.30. The van der Waals surface area contributed by atoms with Crippen LogP contribution in [-0.4, -0.2) is 31.6 Å². The van der Waals surface area contributed by atoms with Crippen LogP contribution in [-0.2, 0) is 16.0 Å². The second kappa shape index (κ2) is 9.09. The van der Waals surface area contributed by atoms with Crippen LogP contribution in [0.25, 0.3) is 6.08 Å². The minimum absolute atomic E-state index is 0.151. The lowest BCUT2D eigenvalue weighted by molar-refractivity contribution is -0.122. The number of nitrogens with zero attached hydrogens (tertiary/aromatic N) is 1. The molecule has 0 radical (unpaired) electrons. The Morgan fingerprint density at radius 2 is 1.87 bits per heavy atom. The molecule has 0 aromatic heterocycles. The van der Waals surface area contributed by atoms with Gasteiger partial charge in [0, 0.05) is 0 Å². The molecule has 0 aliphatic carbocycles. The maximum absolute atomic E-state index is 13.1. The number of methoxy groups -OCH3 is 1. The number of hydrogen-bond acceptors (Lipinski definition) is 5. The summed E-state index contributed by atoms with van der Waals surface area (Å²) >= 11 is 0. The molecule has 2 aromatic rings. The van der Waals surface area contributed by atoms with Crippen LogP contribution in [0.2, 0.25) is 0 Å². The van der Waals surface area contributed by atoms with E-state index in [-0.39, 0.29) is 5.57 Å². The third-order valence-corrected chi connectivity index (χ3v) is 4.57. The smallest absolute Gasteiger partial charge is 0.335 e. The van der Waals surface area contributed by atoms with Gasteiger partial charge in [-0.1, -0.05) is 43.8 Å². The van der Waals surface area contributed by atoms with Gasteiger partial charge in [-0.15, -0.1) is 0 Å². The molecule has 1 aliphatic heterocycles. The van der Waals surface area contributed by atoms with Crippen LogP contribution in [0.3, 0.4) is 0 Å². The van der Waals surface area contributed by atoms with Gasteiger partial charge in [0.25, 0.3) is 11.8 Å². The lowest BCUT2D eigenvalue weighted by Gasteiger charge is -2.28. The summed E-state index contributed by atoms with van der Waals surface area (Å²) < 4.78 is 10.8. The number of barbiturate groups is 1. The highest BCUT2D eigenvalue weighted by atomic mass is 16.5. The number of carbonyl (C=O) groups is 3. The zero-order valence-corrected chi connectivity index (χ0v) is 16.8. The molecule has 3 rings (SSSR count). The normalized spacial score (nSPS) is 15.2. The molecule has 0 atom stereocenters. The molecule has 1 aliphatic rings. The second-order valence-corrected chi connectivity index (χ2v) is 6.45. The summed E-state index contributed by atoms with van der Waals surface area (Å²) in [6.07, 6.45) is 3.66. The molecule has 0 bridgehead atoms. The van der Waals surface area contributed by atoms with Crippen LogP contribution in [0.1, 0.15) is 18.1 Å². The van der Waals surface area contributed by atoms with Gasteiger partial charge in [0.15, 0.2) is 11.5 Å². The monoisotopic (exact) mass is 406 g/mol. The number of para-hydroxylation sites is 1. The fourth-order valence-electron chi connectivity index (χ4n) is 3.11. The summed E-state index contributed by atoms with van der Waals surface area (Å²) in [5.74, 6) is -0.483. The van der Waals surface area contributed by atoms with Gasteiger partial charge >= 0.3 is 6.03 Å². The van der Waals surface area contributed by atoms with E-state index in [1.54, 1.807) is 36.4 Å². The Morgan fingerprint density at radius 3 is 2.57 bits per heavy atom. The first-order valence-electron chi connectivity index (χ1n) is 9.41. The van der Waals surface area contributed by atoms with Gasteiger partial charge in [-0.05, 0) is 41.8 Å². The van der Waals surface area contributed by atoms with Crippen LogP contribution in [0.4, 0.5) is 10.5 Å². The van der Waals surface area contributed by atoms with Crippen molar-refractivity contribution >= 4 is 29.6 Å². The Morgan fingerprint density at radius 1 is 1.10 bits per heavy atom. The van der Waals surface area contributed by atoms with E-state index in [0.717, 1.165) is 10.5 Å². The molecule has 30 heavy (non-hydrogen) atoms. The molecule has 7 nitrogen and oxygen atoms in total. The molecule has 154 valence electrons. The molecule has 7 heteroatoms. The standard InChI is InChI=1S/C23H22N2O5/c1-4-12-30-19-11-10-15(14-20(19)29-3)13-17-21(26)24-23(28)25(22(17)27)18-9-7-6-8-16(18)5-2/h4,6-11,13-14H,1,5,12H2,2-3H3,(H,24,26,28).